The van der Waals surface area contributed by atoms with Crippen molar-refractivity contribution in [3.05, 3.63) is 191 Å². The number of hydrogen-bond acceptors (Lipinski definition) is 20. The summed E-state index contributed by atoms with van der Waals surface area (Å²) in [6, 6.07) is 43.5. The quantitative estimate of drug-likeness (QED) is 0.0279. The molecule has 0 spiro atoms. The van der Waals surface area contributed by atoms with Crippen LogP contribution in [0, 0.1) is 0 Å². The Labute approximate surface area is 456 Å². The van der Waals surface area contributed by atoms with Gasteiger partial charge in [0.1, 0.15) is 66.4 Å². The fourth-order valence-electron chi connectivity index (χ4n) is 8.24. The summed E-state index contributed by atoms with van der Waals surface area (Å²) >= 11 is 0. The number of hydrogen-bond donors (Lipinski definition) is 0. The maximum Gasteiger partial charge on any atom is 0.475 e. The molecule has 1 aliphatic carbocycles. The van der Waals surface area contributed by atoms with E-state index in [9.17, 15) is 19.2 Å². The molecule has 0 N–H and O–H groups in total. The largest absolute Gasteiger partial charge is 0.475 e. The van der Waals surface area contributed by atoms with Crippen LogP contribution >= 0.6 is 15.6 Å². The summed E-state index contributed by atoms with van der Waals surface area (Å²) in [5.74, 6) is -1.08. The van der Waals surface area contributed by atoms with Crippen molar-refractivity contribution in [3.8, 4) is 23.0 Å². The van der Waals surface area contributed by atoms with Gasteiger partial charge in [0.15, 0.2) is 0 Å². The zero-order chi connectivity index (χ0) is 55.8. The second kappa shape index (κ2) is 27.9. The SMILES string of the molecule is CC(=O)Oc1ccc(COP(=O)(OCc2ccc(OC(C)=O)cc2)OC2C3OCOC(C3OCc3ccccc3)C(OCc3ccccc3)C2OP(=O)(OCc2ccc(OC(C)=O)cc2)OCc2ccc(OC(C)=O)cc2)cc1. The zero-order valence-corrected chi connectivity index (χ0v) is 45.3. The number of ether oxygens (including phenoxy) is 8. The van der Waals surface area contributed by atoms with Gasteiger partial charge in [0.2, 0.25) is 0 Å². The number of carbonyl (C=O) groups is 4. The van der Waals surface area contributed by atoms with Gasteiger partial charge in [-0.15, -0.1) is 0 Å². The minimum absolute atomic E-state index is 0.0451. The molecular weight excluding hydrogens is 1070 g/mol. The van der Waals surface area contributed by atoms with Crippen LogP contribution in [0.2, 0.25) is 0 Å². The lowest BCUT2D eigenvalue weighted by atomic mass is 9.83. The van der Waals surface area contributed by atoms with E-state index >= 15 is 9.13 Å². The van der Waals surface area contributed by atoms with Crippen LogP contribution in [0.3, 0.4) is 0 Å². The molecule has 79 heavy (non-hydrogen) atoms. The van der Waals surface area contributed by atoms with Crippen molar-refractivity contribution in [2.45, 2.75) is 104 Å². The molecule has 2 bridgehead atoms. The topological polar surface area (TPSA) is 232 Å². The van der Waals surface area contributed by atoms with Gasteiger partial charge in [-0.05, 0) is 81.9 Å². The van der Waals surface area contributed by atoms with E-state index in [1.54, 1.807) is 48.5 Å². The Morgan fingerprint density at radius 1 is 0.367 bits per heavy atom. The maximum absolute atomic E-state index is 15.7. The molecular formula is C57H58O20P2. The first-order valence-electron chi connectivity index (χ1n) is 24.9. The van der Waals surface area contributed by atoms with E-state index < -0.39 is 76.1 Å². The first-order valence-corrected chi connectivity index (χ1v) is 27.8. The summed E-state index contributed by atoms with van der Waals surface area (Å²) in [5.41, 5.74) is 3.39. The summed E-state index contributed by atoms with van der Waals surface area (Å²) in [6.45, 7) is 3.22. The lowest BCUT2D eigenvalue weighted by Crippen LogP contribution is -2.69. The molecule has 6 unspecified atom stereocenters. The average molecular weight is 1130 g/mol. The van der Waals surface area contributed by atoms with Gasteiger partial charge in [0.25, 0.3) is 0 Å². The molecule has 22 heteroatoms. The smallest absolute Gasteiger partial charge is 0.427 e. The second-order valence-electron chi connectivity index (χ2n) is 18.0. The van der Waals surface area contributed by atoms with Crippen LogP contribution in [0.25, 0.3) is 0 Å². The standard InChI is InChI=1S/C57H58O20P2/c1-38(58)72-48-23-15-44(16-24-48)33-68-78(62,69-34-45-17-25-49(26-18-45)73-39(2)59)76-56-54(65-32-43-13-9-6-10-14-43)53-52(64-31-42-11-7-5-8-12-42)55(67-37-66-53)57(56)77-79(63,70-35-46-19-27-50(28-20-46)74-40(3)60)71-36-47-21-29-51(30-22-47)75-41(4)61/h5-30,52-57H,31-37H2,1-4H3. The third-order valence-corrected chi connectivity index (χ3v) is 14.6. The van der Waals surface area contributed by atoms with Crippen LogP contribution in [0.1, 0.15) is 61.1 Å². The van der Waals surface area contributed by atoms with Crippen molar-refractivity contribution in [3.63, 3.8) is 0 Å². The Bertz CT molecular complexity index is 2920. The number of benzene rings is 6. The molecule has 1 heterocycles. The van der Waals surface area contributed by atoms with Gasteiger partial charge in [0, 0.05) is 27.7 Å². The van der Waals surface area contributed by atoms with Gasteiger partial charge in [-0.25, -0.2) is 9.13 Å². The number of phosphoric ester groups is 2. The Hall–Kier alpha value is -6.74. The highest BCUT2D eigenvalue weighted by molar-refractivity contribution is 7.48. The van der Waals surface area contributed by atoms with Crippen molar-refractivity contribution in [1.82, 2.24) is 0 Å². The second-order valence-corrected chi connectivity index (χ2v) is 21.2. The van der Waals surface area contributed by atoms with E-state index in [4.69, 9.17) is 65.0 Å². The van der Waals surface area contributed by atoms with E-state index in [1.165, 1.54) is 76.2 Å². The molecule has 1 aliphatic heterocycles. The Kier molecular flexibility index (Phi) is 20.6. The summed E-state index contributed by atoms with van der Waals surface area (Å²) in [4.78, 5) is 46.8. The molecule has 2 fully saturated rings. The van der Waals surface area contributed by atoms with E-state index in [-0.39, 0.29) is 69.4 Å². The zero-order valence-electron chi connectivity index (χ0n) is 43.5. The van der Waals surface area contributed by atoms with Crippen LogP contribution in [0.4, 0.5) is 0 Å². The molecule has 6 aromatic rings. The van der Waals surface area contributed by atoms with Gasteiger partial charge < -0.3 is 37.9 Å². The molecule has 6 aromatic carbocycles. The molecule has 0 amide bonds. The normalized spacial score (nSPS) is 19.0. The van der Waals surface area contributed by atoms with Gasteiger partial charge in [-0.1, -0.05) is 109 Å². The van der Waals surface area contributed by atoms with Gasteiger partial charge >= 0.3 is 39.5 Å². The minimum atomic E-state index is -4.93. The summed E-state index contributed by atoms with van der Waals surface area (Å²) in [5, 5.41) is 0. The molecule has 0 aromatic heterocycles. The van der Waals surface area contributed by atoms with Crippen LogP contribution in [-0.2, 0) is 114 Å². The van der Waals surface area contributed by atoms with Crippen LogP contribution in [0.15, 0.2) is 158 Å². The predicted molar refractivity (Wildman–Crippen MR) is 280 cm³/mol. The number of esters is 4. The Balaban J connectivity index is 1.20. The molecule has 416 valence electrons. The van der Waals surface area contributed by atoms with Crippen molar-refractivity contribution >= 4 is 39.5 Å². The van der Waals surface area contributed by atoms with Gasteiger partial charge in [0.05, 0.1) is 39.6 Å². The average Bonchev–Trinajstić information content (AvgIpc) is 3.63. The number of phosphoric acid groups is 2. The summed E-state index contributed by atoms with van der Waals surface area (Å²) < 4.78 is 116. The molecule has 0 radical (unpaired) electrons. The molecule has 8 rings (SSSR count). The molecule has 1 saturated carbocycles. The van der Waals surface area contributed by atoms with Crippen LogP contribution in [0.5, 0.6) is 23.0 Å². The fraction of sp³-hybridized carbons (Fsp3) is 0.298. The van der Waals surface area contributed by atoms with Crippen molar-refractivity contribution in [2.24, 2.45) is 0 Å². The van der Waals surface area contributed by atoms with E-state index in [0.717, 1.165) is 11.1 Å². The lowest BCUT2D eigenvalue weighted by molar-refractivity contribution is -0.329. The summed E-state index contributed by atoms with van der Waals surface area (Å²) in [6.07, 6.45) is -7.90. The Morgan fingerprint density at radius 3 is 0.962 bits per heavy atom. The first kappa shape index (κ1) is 58.4. The van der Waals surface area contributed by atoms with E-state index in [1.807, 2.05) is 60.7 Å². The molecule has 1 saturated heterocycles. The van der Waals surface area contributed by atoms with Crippen LogP contribution < -0.4 is 18.9 Å². The predicted octanol–water partition coefficient (Wildman–Crippen LogP) is 10.5. The molecule has 20 nitrogen and oxygen atoms in total. The molecule has 2 aliphatic rings. The highest BCUT2D eigenvalue weighted by Gasteiger charge is 2.60. The lowest BCUT2D eigenvalue weighted by Gasteiger charge is -2.52. The van der Waals surface area contributed by atoms with E-state index in [2.05, 4.69) is 0 Å². The van der Waals surface area contributed by atoms with Gasteiger partial charge in [-0.2, -0.15) is 0 Å². The number of fused-ring (bicyclic) bond motifs is 2. The summed E-state index contributed by atoms with van der Waals surface area (Å²) in [7, 11) is -9.85. The van der Waals surface area contributed by atoms with Crippen molar-refractivity contribution in [1.29, 1.82) is 0 Å². The Morgan fingerprint density at radius 2 is 0.646 bits per heavy atom. The molecule has 6 atom stereocenters. The fourth-order valence-corrected chi connectivity index (χ4v) is 10.9. The van der Waals surface area contributed by atoms with Gasteiger partial charge in [-0.3, -0.25) is 46.3 Å². The van der Waals surface area contributed by atoms with Crippen molar-refractivity contribution < 1.29 is 93.3 Å². The first-order chi connectivity index (χ1) is 38.1. The van der Waals surface area contributed by atoms with E-state index in [0.29, 0.717) is 22.3 Å². The number of carbonyl (C=O) groups excluding carboxylic acids is 4. The third kappa shape index (κ3) is 17.6. The highest BCUT2D eigenvalue weighted by Crippen LogP contribution is 2.59. The third-order valence-electron chi connectivity index (χ3n) is 11.8. The minimum Gasteiger partial charge on any atom is -0.427 e. The monoisotopic (exact) mass is 1120 g/mol. The highest BCUT2D eigenvalue weighted by atomic mass is 31.2. The van der Waals surface area contributed by atoms with Crippen molar-refractivity contribution in [2.75, 3.05) is 6.79 Å². The maximum atomic E-state index is 15.7. The van der Waals surface area contributed by atoms with Crippen LogP contribution in [-0.4, -0.2) is 67.3 Å². The number of rotatable bonds is 26.